The summed E-state index contributed by atoms with van der Waals surface area (Å²) >= 11 is 0. The lowest BCUT2D eigenvalue weighted by Gasteiger charge is -2.03. The first-order chi connectivity index (χ1) is 8.65. The van der Waals surface area contributed by atoms with E-state index in [9.17, 15) is 0 Å². The third-order valence-corrected chi connectivity index (χ3v) is 3.06. The predicted octanol–water partition coefficient (Wildman–Crippen LogP) is 3.09. The molecule has 0 saturated heterocycles. The fourth-order valence-electron chi connectivity index (χ4n) is 2.21. The fourth-order valence-corrected chi connectivity index (χ4v) is 2.21. The second-order valence-electron chi connectivity index (χ2n) is 4.37. The van der Waals surface area contributed by atoms with Gasteiger partial charge in [-0.1, -0.05) is 17.3 Å². The minimum absolute atomic E-state index is 0.526. The number of pyridine rings is 1. The van der Waals surface area contributed by atoms with E-state index >= 15 is 0 Å². The fraction of sp³-hybridized carbons (Fsp3) is 0.143. The molecule has 0 spiro atoms. The molecule has 0 amide bonds. The highest BCUT2D eigenvalue weighted by molar-refractivity contribution is 5.88. The number of anilines is 1. The molecule has 4 nitrogen and oxygen atoms in total. The molecule has 0 radical (unpaired) electrons. The van der Waals surface area contributed by atoms with Crippen molar-refractivity contribution in [1.82, 2.24) is 10.1 Å². The zero-order valence-electron chi connectivity index (χ0n) is 10.3. The number of aryl methyl sites for hydroxylation is 2. The van der Waals surface area contributed by atoms with Crippen molar-refractivity contribution in [2.45, 2.75) is 13.8 Å². The molecule has 0 aliphatic carbocycles. The Labute approximate surface area is 104 Å². The van der Waals surface area contributed by atoms with Crippen LogP contribution >= 0.6 is 0 Å². The first-order valence-electron chi connectivity index (χ1n) is 5.73. The van der Waals surface area contributed by atoms with Crippen molar-refractivity contribution >= 4 is 16.6 Å². The van der Waals surface area contributed by atoms with Crippen LogP contribution in [0.25, 0.3) is 21.9 Å². The summed E-state index contributed by atoms with van der Waals surface area (Å²) < 4.78 is 5.20. The third-order valence-electron chi connectivity index (χ3n) is 3.06. The lowest BCUT2D eigenvalue weighted by atomic mass is 10.0. The lowest BCUT2D eigenvalue weighted by molar-refractivity contribution is 0.393. The number of nitrogens with zero attached hydrogens (tertiary/aromatic N) is 2. The summed E-state index contributed by atoms with van der Waals surface area (Å²) in [6, 6.07) is 8.03. The van der Waals surface area contributed by atoms with Gasteiger partial charge in [0.15, 0.2) is 0 Å². The highest BCUT2D eigenvalue weighted by atomic mass is 16.5. The van der Waals surface area contributed by atoms with E-state index in [0.29, 0.717) is 5.82 Å². The molecule has 90 valence electrons. The molecule has 1 aromatic carbocycles. The van der Waals surface area contributed by atoms with Crippen LogP contribution in [0.2, 0.25) is 0 Å². The number of hydrogen-bond acceptors (Lipinski definition) is 4. The van der Waals surface area contributed by atoms with Crippen LogP contribution in [0.5, 0.6) is 0 Å². The molecule has 0 bridgehead atoms. The van der Waals surface area contributed by atoms with Crippen molar-refractivity contribution in [3.05, 3.63) is 41.9 Å². The first kappa shape index (κ1) is 10.8. The second-order valence-corrected chi connectivity index (χ2v) is 4.37. The number of benzene rings is 1. The van der Waals surface area contributed by atoms with Crippen LogP contribution < -0.4 is 5.73 Å². The van der Waals surface area contributed by atoms with Crippen molar-refractivity contribution in [3.8, 4) is 11.1 Å². The quantitative estimate of drug-likeness (QED) is 0.708. The van der Waals surface area contributed by atoms with E-state index in [0.717, 1.165) is 33.4 Å². The first-order valence-corrected chi connectivity index (χ1v) is 5.73. The van der Waals surface area contributed by atoms with Gasteiger partial charge in [0.1, 0.15) is 11.6 Å². The summed E-state index contributed by atoms with van der Waals surface area (Å²) in [5.41, 5.74) is 8.74. The summed E-state index contributed by atoms with van der Waals surface area (Å²) in [5.74, 6) is 1.35. The average Bonchev–Trinajstić information content (AvgIpc) is 2.68. The summed E-state index contributed by atoms with van der Waals surface area (Å²) in [6.07, 6.45) is 1.78. The van der Waals surface area contributed by atoms with Gasteiger partial charge in [0.2, 0.25) is 0 Å². The minimum Gasteiger partial charge on any atom is -0.384 e. The maximum Gasteiger partial charge on any atom is 0.141 e. The Balaban J connectivity index is 2.25. The number of hydrogen-bond donors (Lipinski definition) is 1. The van der Waals surface area contributed by atoms with Crippen molar-refractivity contribution in [1.29, 1.82) is 0 Å². The van der Waals surface area contributed by atoms with Gasteiger partial charge in [0, 0.05) is 17.1 Å². The third kappa shape index (κ3) is 1.62. The van der Waals surface area contributed by atoms with Gasteiger partial charge < -0.3 is 10.3 Å². The Hall–Kier alpha value is -2.36. The van der Waals surface area contributed by atoms with Crippen LogP contribution in [0, 0.1) is 13.8 Å². The molecule has 18 heavy (non-hydrogen) atoms. The molecule has 3 rings (SSSR count). The van der Waals surface area contributed by atoms with E-state index in [1.807, 2.05) is 32.0 Å². The van der Waals surface area contributed by atoms with E-state index in [-0.39, 0.29) is 0 Å². The van der Waals surface area contributed by atoms with Crippen LogP contribution in [0.1, 0.15) is 11.5 Å². The Morgan fingerprint density at radius 2 is 1.94 bits per heavy atom. The van der Waals surface area contributed by atoms with E-state index in [2.05, 4.69) is 16.2 Å². The van der Waals surface area contributed by atoms with Gasteiger partial charge in [-0.15, -0.1) is 0 Å². The average molecular weight is 239 g/mol. The van der Waals surface area contributed by atoms with Crippen LogP contribution in [-0.2, 0) is 0 Å². The highest BCUT2D eigenvalue weighted by Crippen LogP contribution is 2.29. The largest absolute Gasteiger partial charge is 0.384 e. The topological polar surface area (TPSA) is 64.9 Å². The number of rotatable bonds is 1. The smallest absolute Gasteiger partial charge is 0.141 e. The molecule has 0 atom stereocenters. The van der Waals surface area contributed by atoms with Gasteiger partial charge in [-0.25, -0.2) is 4.98 Å². The maximum atomic E-state index is 5.71. The number of nitrogen functional groups attached to an aromatic ring is 1. The standard InChI is InChI=1S/C14H13N3O/c1-8-14(9(2)18-17-8)10-3-4-11-7-16-13(15)6-12(11)5-10/h3-7H,1-2H3,(H2,15,16). The van der Waals surface area contributed by atoms with E-state index < -0.39 is 0 Å². The zero-order chi connectivity index (χ0) is 12.7. The Morgan fingerprint density at radius 1 is 1.11 bits per heavy atom. The molecule has 0 fully saturated rings. The Morgan fingerprint density at radius 3 is 2.67 bits per heavy atom. The van der Waals surface area contributed by atoms with Gasteiger partial charge in [-0.2, -0.15) is 0 Å². The van der Waals surface area contributed by atoms with Gasteiger partial charge in [-0.3, -0.25) is 0 Å². The van der Waals surface area contributed by atoms with Crippen molar-refractivity contribution in [3.63, 3.8) is 0 Å². The molecule has 0 aliphatic rings. The molecule has 0 unspecified atom stereocenters. The predicted molar refractivity (Wildman–Crippen MR) is 71.1 cm³/mol. The molecule has 3 aromatic rings. The van der Waals surface area contributed by atoms with Gasteiger partial charge in [-0.05, 0) is 36.9 Å². The summed E-state index contributed by atoms with van der Waals surface area (Å²) in [6.45, 7) is 3.86. The maximum absolute atomic E-state index is 5.71. The van der Waals surface area contributed by atoms with Crippen molar-refractivity contribution in [2.75, 3.05) is 5.73 Å². The molecule has 4 heteroatoms. The Kier molecular flexibility index (Phi) is 2.30. The van der Waals surface area contributed by atoms with Crippen molar-refractivity contribution in [2.24, 2.45) is 0 Å². The molecule has 2 heterocycles. The van der Waals surface area contributed by atoms with Gasteiger partial charge in [0.25, 0.3) is 0 Å². The SMILES string of the molecule is Cc1noc(C)c1-c1ccc2cnc(N)cc2c1. The normalized spacial score (nSPS) is 11.0. The van der Waals surface area contributed by atoms with Gasteiger partial charge in [0.05, 0.1) is 5.69 Å². The summed E-state index contributed by atoms with van der Waals surface area (Å²) in [7, 11) is 0. The van der Waals surface area contributed by atoms with Crippen LogP contribution in [0.4, 0.5) is 5.82 Å². The molecule has 2 aromatic heterocycles. The number of fused-ring (bicyclic) bond motifs is 1. The molecule has 0 aliphatic heterocycles. The lowest BCUT2D eigenvalue weighted by Crippen LogP contribution is -1.89. The van der Waals surface area contributed by atoms with E-state index in [1.165, 1.54) is 0 Å². The van der Waals surface area contributed by atoms with Crippen molar-refractivity contribution < 1.29 is 4.52 Å². The molecule has 0 saturated carbocycles. The Bertz CT molecular complexity index is 711. The zero-order valence-corrected chi connectivity index (χ0v) is 10.3. The molecular formula is C14H13N3O. The summed E-state index contributed by atoms with van der Waals surface area (Å²) in [4.78, 5) is 4.08. The second kappa shape index (κ2) is 3.84. The van der Waals surface area contributed by atoms with E-state index in [1.54, 1.807) is 6.20 Å². The van der Waals surface area contributed by atoms with Crippen LogP contribution in [-0.4, -0.2) is 10.1 Å². The number of aromatic nitrogens is 2. The van der Waals surface area contributed by atoms with Crippen LogP contribution in [0.15, 0.2) is 35.0 Å². The number of nitrogens with two attached hydrogens (primary N) is 1. The molecule has 2 N–H and O–H groups in total. The van der Waals surface area contributed by atoms with Crippen LogP contribution in [0.3, 0.4) is 0 Å². The molecular weight excluding hydrogens is 226 g/mol. The van der Waals surface area contributed by atoms with Gasteiger partial charge >= 0.3 is 0 Å². The minimum atomic E-state index is 0.526. The monoisotopic (exact) mass is 239 g/mol. The highest BCUT2D eigenvalue weighted by Gasteiger charge is 2.11. The van der Waals surface area contributed by atoms with E-state index in [4.69, 9.17) is 10.3 Å². The summed E-state index contributed by atoms with van der Waals surface area (Å²) in [5, 5.41) is 6.12.